The highest BCUT2D eigenvalue weighted by Gasteiger charge is 2.43. The van der Waals surface area contributed by atoms with Crippen LogP contribution in [0.3, 0.4) is 0 Å². The number of nitrogens with zero attached hydrogens (tertiary/aromatic N) is 4. The molecule has 1 saturated heterocycles. The van der Waals surface area contributed by atoms with Gasteiger partial charge in [0.1, 0.15) is 12.5 Å². The SMILES string of the molecule is CC(=O)N1C(n2cnc(C(N)=O)n2)C[C@H](O)[C@H]1CO. The molecule has 1 fully saturated rings. The topological polar surface area (TPSA) is 135 Å². The van der Waals surface area contributed by atoms with Crippen LogP contribution in [0.25, 0.3) is 0 Å². The number of carbonyl (C=O) groups is 2. The molecule has 9 heteroatoms. The molecule has 0 saturated carbocycles. The Labute approximate surface area is 108 Å². The van der Waals surface area contributed by atoms with Crippen molar-refractivity contribution in [1.29, 1.82) is 0 Å². The lowest BCUT2D eigenvalue weighted by molar-refractivity contribution is -0.135. The Morgan fingerprint density at radius 3 is 2.74 bits per heavy atom. The molecule has 9 nitrogen and oxygen atoms in total. The maximum Gasteiger partial charge on any atom is 0.288 e. The number of aromatic nitrogens is 3. The third kappa shape index (κ3) is 2.29. The van der Waals surface area contributed by atoms with E-state index in [-0.39, 0.29) is 24.8 Å². The summed E-state index contributed by atoms with van der Waals surface area (Å²) in [6.45, 7) is 0.980. The Balaban J connectivity index is 2.31. The molecule has 1 aromatic rings. The predicted molar refractivity (Wildman–Crippen MR) is 61.6 cm³/mol. The Bertz CT molecular complexity index is 502. The van der Waals surface area contributed by atoms with Crippen LogP contribution < -0.4 is 5.73 Å². The van der Waals surface area contributed by atoms with Crippen LogP contribution >= 0.6 is 0 Å². The smallest absolute Gasteiger partial charge is 0.288 e. The normalized spacial score (nSPS) is 26.7. The predicted octanol–water partition coefficient (Wildman–Crippen LogP) is -2.15. The number of aliphatic hydroxyl groups excluding tert-OH is 2. The summed E-state index contributed by atoms with van der Waals surface area (Å²) in [4.78, 5) is 27.6. The Hall–Kier alpha value is -2.00. The van der Waals surface area contributed by atoms with Gasteiger partial charge in [0, 0.05) is 13.3 Å². The number of amides is 2. The highest BCUT2D eigenvalue weighted by atomic mass is 16.3. The summed E-state index contributed by atoms with van der Waals surface area (Å²) in [5, 5.41) is 23.0. The largest absolute Gasteiger partial charge is 0.394 e. The van der Waals surface area contributed by atoms with Gasteiger partial charge in [-0.15, -0.1) is 5.10 Å². The van der Waals surface area contributed by atoms with E-state index >= 15 is 0 Å². The first kappa shape index (κ1) is 13.4. The van der Waals surface area contributed by atoms with Crippen LogP contribution in [0, 0.1) is 0 Å². The molecule has 104 valence electrons. The van der Waals surface area contributed by atoms with Gasteiger partial charge in [0.25, 0.3) is 5.91 Å². The number of aliphatic hydroxyl groups is 2. The van der Waals surface area contributed by atoms with E-state index in [9.17, 15) is 19.8 Å². The van der Waals surface area contributed by atoms with Crippen molar-refractivity contribution in [2.24, 2.45) is 5.73 Å². The fourth-order valence-electron chi connectivity index (χ4n) is 2.31. The zero-order chi connectivity index (χ0) is 14.2. The first-order chi connectivity index (χ1) is 8.95. The van der Waals surface area contributed by atoms with Crippen molar-refractivity contribution in [1.82, 2.24) is 19.7 Å². The quantitative estimate of drug-likeness (QED) is 0.572. The van der Waals surface area contributed by atoms with Crippen molar-refractivity contribution < 1.29 is 19.8 Å². The van der Waals surface area contributed by atoms with Gasteiger partial charge >= 0.3 is 0 Å². The fourth-order valence-corrected chi connectivity index (χ4v) is 2.31. The van der Waals surface area contributed by atoms with Gasteiger partial charge in [-0.2, -0.15) is 0 Å². The lowest BCUT2D eigenvalue weighted by atomic mass is 10.2. The minimum absolute atomic E-state index is 0.162. The van der Waals surface area contributed by atoms with Crippen molar-refractivity contribution in [3.05, 3.63) is 12.2 Å². The highest BCUT2D eigenvalue weighted by Crippen LogP contribution is 2.31. The van der Waals surface area contributed by atoms with Crippen LogP contribution in [0.2, 0.25) is 0 Å². The van der Waals surface area contributed by atoms with Gasteiger partial charge in [0.15, 0.2) is 0 Å². The standard InChI is InChI=1S/C10H15N5O4/c1-5(17)15-6(3-16)7(18)2-8(15)14-4-12-10(13-14)9(11)19/h4,6-8,16,18H,2-3H2,1H3,(H2,11,19)/t6-,7+,8?/m1/s1. The monoisotopic (exact) mass is 269 g/mol. The number of hydrogen-bond donors (Lipinski definition) is 3. The fraction of sp³-hybridized carbons (Fsp3) is 0.600. The average Bonchev–Trinajstić information content (AvgIpc) is 2.92. The van der Waals surface area contributed by atoms with Gasteiger partial charge in [-0.3, -0.25) is 9.59 Å². The number of likely N-dealkylation sites (tertiary alicyclic amines) is 1. The maximum atomic E-state index is 11.6. The first-order valence-corrected chi connectivity index (χ1v) is 5.74. The van der Waals surface area contributed by atoms with Crippen LogP contribution in [-0.4, -0.2) is 60.4 Å². The van der Waals surface area contributed by atoms with Crippen LogP contribution in [0.4, 0.5) is 0 Å². The molecule has 0 spiro atoms. The first-order valence-electron chi connectivity index (χ1n) is 5.74. The lowest BCUT2D eigenvalue weighted by Crippen LogP contribution is -2.43. The summed E-state index contributed by atoms with van der Waals surface area (Å²) in [5.41, 5.74) is 5.05. The summed E-state index contributed by atoms with van der Waals surface area (Å²) in [6, 6.07) is -0.691. The Kier molecular flexibility index (Phi) is 3.49. The van der Waals surface area contributed by atoms with Crippen molar-refractivity contribution in [2.75, 3.05) is 6.61 Å². The second kappa shape index (κ2) is 4.94. The van der Waals surface area contributed by atoms with E-state index in [0.29, 0.717) is 0 Å². The molecule has 0 bridgehead atoms. The van der Waals surface area contributed by atoms with Crippen molar-refractivity contribution >= 4 is 11.8 Å². The molecule has 0 radical (unpaired) electrons. The van der Waals surface area contributed by atoms with Crippen LogP contribution in [0.5, 0.6) is 0 Å². The Morgan fingerprint density at radius 2 is 2.26 bits per heavy atom. The molecule has 19 heavy (non-hydrogen) atoms. The lowest BCUT2D eigenvalue weighted by Gasteiger charge is -2.28. The van der Waals surface area contributed by atoms with E-state index in [2.05, 4.69) is 10.1 Å². The molecule has 1 aliphatic rings. The second-order valence-electron chi connectivity index (χ2n) is 4.37. The van der Waals surface area contributed by atoms with E-state index in [0.717, 1.165) is 0 Å². The van der Waals surface area contributed by atoms with E-state index in [1.165, 1.54) is 22.8 Å². The zero-order valence-corrected chi connectivity index (χ0v) is 10.3. The van der Waals surface area contributed by atoms with Gasteiger partial charge in [-0.1, -0.05) is 0 Å². The van der Waals surface area contributed by atoms with Gasteiger partial charge in [-0.25, -0.2) is 9.67 Å². The summed E-state index contributed by atoms with van der Waals surface area (Å²) >= 11 is 0. The summed E-state index contributed by atoms with van der Waals surface area (Å²) in [7, 11) is 0. The Morgan fingerprint density at radius 1 is 1.58 bits per heavy atom. The highest BCUT2D eigenvalue weighted by molar-refractivity contribution is 5.88. The maximum absolute atomic E-state index is 11.6. The second-order valence-corrected chi connectivity index (χ2v) is 4.37. The molecule has 1 aromatic heterocycles. The molecule has 3 atom stereocenters. The van der Waals surface area contributed by atoms with Crippen LogP contribution in [-0.2, 0) is 4.79 Å². The van der Waals surface area contributed by atoms with E-state index in [1.54, 1.807) is 0 Å². The van der Waals surface area contributed by atoms with Gasteiger partial charge in [0.05, 0.1) is 18.8 Å². The molecule has 1 aliphatic heterocycles. The minimum Gasteiger partial charge on any atom is -0.394 e. The minimum atomic E-state index is -0.861. The van der Waals surface area contributed by atoms with E-state index in [4.69, 9.17) is 5.73 Å². The van der Waals surface area contributed by atoms with E-state index < -0.39 is 24.2 Å². The molecule has 0 aliphatic carbocycles. The van der Waals surface area contributed by atoms with Gasteiger partial charge in [0.2, 0.25) is 11.7 Å². The molecule has 2 rings (SSSR count). The zero-order valence-electron chi connectivity index (χ0n) is 10.3. The van der Waals surface area contributed by atoms with Gasteiger partial charge in [-0.05, 0) is 0 Å². The third-order valence-corrected chi connectivity index (χ3v) is 3.16. The molecule has 1 unspecified atom stereocenters. The number of rotatable bonds is 3. The number of nitrogens with two attached hydrogens (primary N) is 1. The van der Waals surface area contributed by atoms with Crippen molar-refractivity contribution in [3.63, 3.8) is 0 Å². The van der Waals surface area contributed by atoms with Gasteiger partial charge < -0.3 is 20.8 Å². The van der Waals surface area contributed by atoms with Crippen LogP contribution in [0.1, 0.15) is 30.1 Å². The molecule has 0 aromatic carbocycles. The molecular formula is C10H15N5O4. The molecular weight excluding hydrogens is 254 g/mol. The average molecular weight is 269 g/mol. The summed E-state index contributed by atoms with van der Waals surface area (Å²) in [5.74, 6) is -1.24. The third-order valence-electron chi connectivity index (χ3n) is 3.16. The van der Waals surface area contributed by atoms with E-state index in [1.807, 2.05) is 0 Å². The number of primary amides is 1. The summed E-state index contributed by atoms with van der Waals surface area (Å²) in [6.07, 6.45) is 0.0184. The van der Waals surface area contributed by atoms with Crippen LogP contribution in [0.15, 0.2) is 6.33 Å². The molecule has 2 heterocycles. The number of carbonyl (C=O) groups excluding carboxylic acids is 2. The molecule has 4 N–H and O–H groups in total. The number of hydrogen-bond acceptors (Lipinski definition) is 6. The van der Waals surface area contributed by atoms with Crippen molar-refractivity contribution in [3.8, 4) is 0 Å². The van der Waals surface area contributed by atoms with Crippen molar-refractivity contribution in [2.45, 2.75) is 31.7 Å². The molecule has 2 amide bonds. The summed E-state index contributed by atoms with van der Waals surface area (Å²) < 4.78 is 1.29.